The van der Waals surface area contributed by atoms with Crippen LogP contribution in [0.5, 0.6) is 5.75 Å². The van der Waals surface area contributed by atoms with Crippen LogP contribution in [0.2, 0.25) is 0 Å². The van der Waals surface area contributed by atoms with Gasteiger partial charge in [-0.05, 0) is 48.6 Å². The van der Waals surface area contributed by atoms with Gasteiger partial charge in [0.05, 0.1) is 12.1 Å². The van der Waals surface area contributed by atoms with Crippen molar-refractivity contribution in [2.24, 2.45) is 5.73 Å². The molecule has 0 unspecified atom stereocenters. The van der Waals surface area contributed by atoms with Gasteiger partial charge in [0.2, 0.25) is 0 Å². The molecule has 0 atom stereocenters. The molecule has 2 aromatic rings. The van der Waals surface area contributed by atoms with Crippen molar-refractivity contribution in [2.75, 3.05) is 6.61 Å². The predicted molar refractivity (Wildman–Crippen MR) is 78.6 cm³/mol. The first-order valence-corrected chi connectivity index (χ1v) is 7.30. The van der Waals surface area contributed by atoms with E-state index in [2.05, 4.69) is 16.2 Å². The van der Waals surface area contributed by atoms with E-state index >= 15 is 0 Å². The van der Waals surface area contributed by atoms with Gasteiger partial charge < -0.3 is 15.0 Å². The molecule has 1 aromatic carbocycles. The third kappa shape index (κ3) is 2.23. The summed E-state index contributed by atoms with van der Waals surface area (Å²) in [5.74, 6) is 2.11. The van der Waals surface area contributed by atoms with Crippen molar-refractivity contribution in [3.05, 3.63) is 41.0 Å². The standard InChI is InChI=1S/C16H17N3O2/c17-16(7-1-8-16)15-18-14(21-19-15)5-3-11-2-4-13-12(10-11)6-9-20-13/h2-5,10H,1,6-9,17H2/b5-3+. The first-order chi connectivity index (χ1) is 10.2. The zero-order chi connectivity index (χ0) is 14.3. The van der Waals surface area contributed by atoms with Crippen molar-refractivity contribution in [1.82, 2.24) is 10.1 Å². The second-order valence-corrected chi connectivity index (χ2v) is 5.76. The molecule has 5 heteroatoms. The summed E-state index contributed by atoms with van der Waals surface area (Å²) in [4.78, 5) is 4.38. The van der Waals surface area contributed by atoms with Crippen LogP contribution in [0.1, 0.15) is 42.1 Å². The fourth-order valence-corrected chi connectivity index (χ4v) is 2.76. The van der Waals surface area contributed by atoms with Gasteiger partial charge in [0.15, 0.2) is 5.82 Å². The van der Waals surface area contributed by atoms with Gasteiger partial charge in [0, 0.05) is 12.5 Å². The summed E-state index contributed by atoms with van der Waals surface area (Å²) in [6, 6.07) is 6.16. The van der Waals surface area contributed by atoms with Gasteiger partial charge in [-0.1, -0.05) is 11.2 Å². The minimum absolute atomic E-state index is 0.375. The number of hydrogen-bond donors (Lipinski definition) is 1. The summed E-state index contributed by atoms with van der Waals surface area (Å²) in [7, 11) is 0. The Bertz CT molecular complexity index is 701. The molecule has 1 aromatic heterocycles. The number of ether oxygens (including phenoxy) is 1. The van der Waals surface area contributed by atoms with Crippen LogP contribution in [-0.4, -0.2) is 16.7 Å². The molecule has 21 heavy (non-hydrogen) atoms. The van der Waals surface area contributed by atoms with Gasteiger partial charge >= 0.3 is 0 Å². The molecule has 1 fully saturated rings. The monoisotopic (exact) mass is 283 g/mol. The Kier molecular flexibility index (Phi) is 2.82. The van der Waals surface area contributed by atoms with Crippen LogP contribution >= 0.6 is 0 Å². The summed E-state index contributed by atoms with van der Waals surface area (Å²) < 4.78 is 10.7. The molecule has 0 spiro atoms. The smallest absolute Gasteiger partial charge is 0.250 e. The van der Waals surface area contributed by atoms with Crippen molar-refractivity contribution >= 4 is 12.2 Å². The molecule has 2 N–H and O–H groups in total. The molecule has 0 bridgehead atoms. The molecule has 2 aliphatic rings. The highest BCUT2D eigenvalue weighted by Gasteiger charge is 2.38. The molecule has 1 saturated carbocycles. The maximum atomic E-state index is 6.18. The Balaban J connectivity index is 1.53. The number of nitrogens with two attached hydrogens (primary N) is 1. The number of aromatic nitrogens is 2. The van der Waals surface area contributed by atoms with Crippen molar-refractivity contribution in [3.63, 3.8) is 0 Å². The van der Waals surface area contributed by atoms with E-state index in [0.717, 1.165) is 43.6 Å². The van der Waals surface area contributed by atoms with Crippen LogP contribution in [0.4, 0.5) is 0 Å². The molecular weight excluding hydrogens is 266 g/mol. The Morgan fingerprint density at radius 2 is 2.14 bits per heavy atom. The van der Waals surface area contributed by atoms with Gasteiger partial charge in [-0.15, -0.1) is 0 Å². The lowest BCUT2D eigenvalue weighted by Crippen LogP contribution is -2.44. The highest BCUT2D eigenvalue weighted by molar-refractivity contribution is 5.67. The average molecular weight is 283 g/mol. The fourth-order valence-electron chi connectivity index (χ4n) is 2.76. The Morgan fingerprint density at radius 3 is 2.95 bits per heavy atom. The number of fused-ring (bicyclic) bond motifs is 1. The highest BCUT2D eigenvalue weighted by Crippen LogP contribution is 2.37. The first-order valence-electron chi connectivity index (χ1n) is 7.30. The van der Waals surface area contributed by atoms with E-state index in [4.69, 9.17) is 15.0 Å². The van der Waals surface area contributed by atoms with Gasteiger partial charge in [-0.3, -0.25) is 0 Å². The predicted octanol–water partition coefficient (Wildman–Crippen LogP) is 2.51. The lowest BCUT2D eigenvalue weighted by Gasteiger charge is -2.34. The van der Waals surface area contributed by atoms with E-state index in [1.807, 2.05) is 24.3 Å². The van der Waals surface area contributed by atoms with Crippen LogP contribution in [0.25, 0.3) is 12.2 Å². The molecule has 1 aliphatic heterocycles. The summed E-state index contributed by atoms with van der Waals surface area (Å²) in [6.45, 7) is 0.772. The van der Waals surface area contributed by atoms with Gasteiger partial charge in [0.1, 0.15) is 5.75 Å². The van der Waals surface area contributed by atoms with Crippen molar-refractivity contribution in [1.29, 1.82) is 0 Å². The molecular formula is C16H17N3O2. The second-order valence-electron chi connectivity index (χ2n) is 5.76. The third-order valence-corrected chi connectivity index (χ3v) is 4.26. The maximum Gasteiger partial charge on any atom is 0.250 e. The topological polar surface area (TPSA) is 74.2 Å². The second kappa shape index (κ2) is 4.70. The zero-order valence-corrected chi connectivity index (χ0v) is 11.7. The van der Waals surface area contributed by atoms with Crippen molar-refractivity contribution in [3.8, 4) is 5.75 Å². The lowest BCUT2D eigenvalue weighted by molar-refractivity contribution is 0.229. The summed E-state index contributed by atoms with van der Waals surface area (Å²) in [5, 5.41) is 4.00. The molecule has 0 radical (unpaired) electrons. The minimum Gasteiger partial charge on any atom is -0.493 e. The molecule has 5 nitrogen and oxygen atoms in total. The van der Waals surface area contributed by atoms with Crippen LogP contribution in [0.3, 0.4) is 0 Å². The molecule has 0 amide bonds. The minimum atomic E-state index is -0.375. The molecule has 108 valence electrons. The van der Waals surface area contributed by atoms with Crippen LogP contribution in [0.15, 0.2) is 22.7 Å². The van der Waals surface area contributed by atoms with E-state index in [9.17, 15) is 0 Å². The van der Waals surface area contributed by atoms with E-state index < -0.39 is 0 Å². The van der Waals surface area contributed by atoms with E-state index in [0.29, 0.717) is 11.7 Å². The van der Waals surface area contributed by atoms with E-state index in [1.165, 1.54) is 5.56 Å². The number of rotatable bonds is 3. The van der Waals surface area contributed by atoms with Crippen LogP contribution in [-0.2, 0) is 12.0 Å². The third-order valence-electron chi connectivity index (χ3n) is 4.26. The Labute approximate surface area is 122 Å². The summed E-state index contributed by atoms with van der Waals surface area (Å²) in [6.07, 6.45) is 7.77. The Morgan fingerprint density at radius 1 is 1.24 bits per heavy atom. The van der Waals surface area contributed by atoms with Crippen molar-refractivity contribution in [2.45, 2.75) is 31.2 Å². The average Bonchev–Trinajstić information content (AvgIpc) is 3.11. The fraction of sp³-hybridized carbons (Fsp3) is 0.375. The molecule has 0 saturated heterocycles. The quantitative estimate of drug-likeness (QED) is 0.936. The summed E-state index contributed by atoms with van der Waals surface area (Å²) in [5.41, 5.74) is 8.16. The van der Waals surface area contributed by atoms with Gasteiger partial charge in [-0.2, -0.15) is 4.98 Å². The highest BCUT2D eigenvalue weighted by atomic mass is 16.5. The first kappa shape index (κ1) is 12.6. The van der Waals surface area contributed by atoms with Crippen LogP contribution < -0.4 is 10.5 Å². The van der Waals surface area contributed by atoms with E-state index in [-0.39, 0.29) is 5.54 Å². The lowest BCUT2D eigenvalue weighted by atomic mass is 9.77. The number of benzene rings is 1. The summed E-state index contributed by atoms with van der Waals surface area (Å²) >= 11 is 0. The van der Waals surface area contributed by atoms with Crippen molar-refractivity contribution < 1.29 is 9.26 Å². The zero-order valence-electron chi connectivity index (χ0n) is 11.7. The Hall–Kier alpha value is -2.14. The normalized spacial score (nSPS) is 19.3. The number of hydrogen-bond acceptors (Lipinski definition) is 5. The maximum absolute atomic E-state index is 6.18. The van der Waals surface area contributed by atoms with E-state index in [1.54, 1.807) is 0 Å². The van der Waals surface area contributed by atoms with Gasteiger partial charge in [-0.25, -0.2) is 0 Å². The SMILES string of the molecule is NC1(c2noc(/C=C/c3ccc4c(c3)CCO4)n2)CCC1. The molecule has 1 aliphatic carbocycles. The van der Waals surface area contributed by atoms with Crippen LogP contribution in [0, 0.1) is 0 Å². The molecule has 2 heterocycles. The largest absolute Gasteiger partial charge is 0.493 e. The van der Waals surface area contributed by atoms with Gasteiger partial charge in [0.25, 0.3) is 5.89 Å². The number of nitrogens with zero attached hydrogens (tertiary/aromatic N) is 2. The molecule has 4 rings (SSSR count).